The monoisotopic (exact) mass is 294 g/mol. The summed E-state index contributed by atoms with van der Waals surface area (Å²) in [7, 11) is 0. The van der Waals surface area contributed by atoms with Gasteiger partial charge in [-0.1, -0.05) is 29.8 Å². The summed E-state index contributed by atoms with van der Waals surface area (Å²) in [6, 6.07) is 10.3. The number of hydrogen-bond donors (Lipinski definition) is 2. The van der Waals surface area contributed by atoms with Gasteiger partial charge in [0.1, 0.15) is 0 Å². The second-order valence-electron chi connectivity index (χ2n) is 7.95. The van der Waals surface area contributed by atoms with E-state index < -0.39 is 0 Å². The van der Waals surface area contributed by atoms with Gasteiger partial charge >= 0.3 is 0 Å². The average molecular weight is 294 g/mol. The van der Waals surface area contributed by atoms with E-state index in [9.17, 15) is 5.11 Å². The Bertz CT molecular complexity index is 713. The van der Waals surface area contributed by atoms with Gasteiger partial charge in [-0.3, -0.25) is 4.90 Å². The molecule has 5 aliphatic heterocycles. The molecule has 1 aromatic rings. The Kier molecular flexibility index (Phi) is 1.99. The largest absolute Gasteiger partial charge is 0.392 e. The van der Waals surface area contributed by atoms with Gasteiger partial charge in [0.05, 0.1) is 12.1 Å². The Morgan fingerprint density at radius 3 is 3.05 bits per heavy atom. The average Bonchev–Trinajstić information content (AvgIpc) is 3.02. The first-order valence-electron chi connectivity index (χ1n) is 8.70. The second-order valence-corrected chi connectivity index (χ2v) is 7.95. The number of allylic oxidation sites excluding steroid dienone is 1. The summed E-state index contributed by atoms with van der Waals surface area (Å²) in [4.78, 5) is 2.72. The first-order valence-corrected chi connectivity index (χ1v) is 8.70. The maximum atomic E-state index is 11.4. The zero-order chi connectivity index (χ0) is 14.6. The van der Waals surface area contributed by atoms with Gasteiger partial charge in [0.25, 0.3) is 0 Å². The molecule has 3 heteroatoms. The molecule has 7 rings (SSSR count). The Morgan fingerprint density at radius 1 is 1.32 bits per heavy atom. The van der Waals surface area contributed by atoms with Crippen LogP contribution in [-0.2, 0) is 5.41 Å². The number of benzene rings is 1. The van der Waals surface area contributed by atoms with Crippen LogP contribution in [0.4, 0.5) is 5.69 Å². The summed E-state index contributed by atoms with van der Waals surface area (Å²) in [6.45, 7) is 3.30. The molecule has 6 aliphatic rings. The Balaban J connectivity index is 1.60. The minimum absolute atomic E-state index is 0.0367. The first-order chi connectivity index (χ1) is 10.8. The van der Waals surface area contributed by atoms with Crippen LogP contribution >= 0.6 is 0 Å². The summed E-state index contributed by atoms with van der Waals surface area (Å²) >= 11 is 0. The van der Waals surface area contributed by atoms with Crippen molar-refractivity contribution in [1.29, 1.82) is 0 Å². The molecule has 5 bridgehead atoms. The third kappa shape index (κ3) is 1.05. The molecule has 1 spiro atoms. The Labute approximate surface area is 131 Å². The number of nitrogens with one attached hydrogen (secondary N) is 1. The number of anilines is 1. The number of rotatable bonds is 0. The van der Waals surface area contributed by atoms with E-state index in [0.717, 1.165) is 13.0 Å². The lowest BCUT2D eigenvalue weighted by atomic mass is 9.65. The smallest absolute Gasteiger partial charge is 0.0707 e. The molecular weight excluding hydrogens is 272 g/mol. The van der Waals surface area contributed by atoms with Crippen LogP contribution in [0.15, 0.2) is 35.9 Å². The molecule has 22 heavy (non-hydrogen) atoms. The molecule has 0 radical (unpaired) electrons. The maximum Gasteiger partial charge on any atom is 0.0707 e. The second kappa shape index (κ2) is 3.60. The first kappa shape index (κ1) is 12.1. The molecule has 1 aromatic carbocycles. The third-order valence-corrected chi connectivity index (χ3v) is 7.59. The van der Waals surface area contributed by atoms with Gasteiger partial charge in [-0.15, -0.1) is 0 Å². The van der Waals surface area contributed by atoms with Gasteiger partial charge in [0.15, 0.2) is 0 Å². The summed E-state index contributed by atoms with van der Waals surface area (Å²) in [6.07, 6.45) is 4.47. The highest BCUT2D eigenvalue weighted by Crippen LogP contribution is 2.66. The normalized spacial score (nSPS) is 54.5. The van der Waals surface area contributed by atoms with Crippen LogP contribution in [0.2, 0.25) is 0 Å². The van der Waals surface area contributed by atoms with Crippen LogP contribution in [0.25, 0.3) is 0 Å². The van der Waals surface area contributed by atoms with E-state index in [0.29, 0.717) is 30.0 Å². The summed E-state index contributed by atoms with van der Waals surface area (Å²) in [5.74, 6) is 1.05. The van der Waals surface area contributed by atoms with Crippen molar-refractivity contribution in [2.75, 3.05) is 11.9 Å². The molecule has 1 saturated carbocycles. The Hall–Kier alpha value is -1.32. The van der Waals surface area contributed by atoms with E-state index in [1.165, 1.54) is 17.7 Å². The van der Waals surface area contributed by atoms with Gasteiger partial charge in [-0.25, -0.2) is 0 Å². The highest BCUT2D eigenvalue weighted by atomic mass is 16.3. The van der Waals surface area contributed by atoms with E-state index in [1.54, 1.807) is 5.57 Å². The lowest BCUT2D eigenvalue weighted by molar-refractivity contribution is -0.0318. The van der Waals surface area contributed by atoms with Crippen molar-refractivity contribution in [2.45, 2.75) is 49.4 Å². The molecular formula is C19H22N2O. The topological polar surface area (TPSA) is 35.5 Å². The lowest BCUT2D eigenvalue weighted by Crippen LogP contribution is -2.66. The van der Waals surface area contributed by atoms with Crippen LogP contribution in [0.3, 0.4) is 0 Å². The number of hydrogen-bond acceptors (Lipinski definition) is 3. The molecule has 114 valence electrons. The molecule has 3 nitrogen and oxygen atoms in total. The van der Waals surface area contributed by atoms with Crippen LogP contribution in [0.5, 0.6) is 0 Å². The van der Waals surface area contributed by atoms with Crippen molar-refractivity contribution in [2.24, 2.45) is 11.8 Å². The third-order valence-electron chi connectivity index (χ3n) is 7.59. The predicted octanol–water partition coefficient (Wildman–Crippen LogP) is 2.13. The zero-order valence-electron chi connectivity index (χ0n) is 12.9. The fourth-order valence-electron chi connectivity index (χ4n) is 6.87. The quantitative estimate of drug-likeness (QED) is 0.720. The molecule has 5 fully saturated rings. The summed E-state index contributed by atoms with van der Waals surface area (Å²) in [5.41, 5.74) is 4.18. The van der Waals surface area contributed by atoms with Gasteiger partial charge in [-0.2, -0.15) is 0 Å². The fourth-order valence-corrected chi connectivity index (χ4v) is 6.87. The number of nitrogens with zero attached hydrogens (tertiary/aromatic N) is 1. The number of fused-ring (bicyclic) bond motifs is 2. The predicted molar refractivity (Wildman–Crippen MR) is 85.8 cm³/mol. The van der Waals surface area contributed by atoms with Crippen molar-refractivity contribution in [3.05, 3.63) is 41.5 Å². The molecule has 0 amide bonds. The summed E-state index contributed by atoms with van der Waals surface area (Å²) < 4.78 is 0. The van der Waals surface area contributed by atoms with Crippen LogP contribution in [0.1, 0.15) is 25.3 Å². The highest BCUT2D eigenvalue weighted by Gasteiger charge is 2.73. The van der Waals surface area contributed by atoms with Crippen molar-refractivity contribution < 1.29 is 5.11 Å². The standard InChI is InChI=1S/C19H22N2O/c1-2-10-9-21-14-7-11(10)16-15(21)8-19(18(16)22)12-5-3-4-6-13(12)20-17(14)19/h2-6,11,14-18,20,22H,7-9H2,1H3/b10-2-/t11-,14-,15-,16?,17-,18+,19+/m0/s1. The SMILES string of the molecule is C/C=C1/CN2[C@H]3C[C@@]45c6ccccc6N[C@H]4[C@@H]2C[C@@H]1C3[C@H]5O. The molecule has 0 aromatic heterocycles. The molecule has 2 unspecified atom stereocenters. The molecule has 8 atom stereocenters. The van der Waals surface area contributed by atoms with Gasteiger partial charge in [0.2, 0.25) is 0 Å². The van der Waals surface area contributed by atoms with Crippen molar-refractivity contribution >= 4 is 5.69 Å². The van der Waals surface area contributed by atoms with Crippen LogP contribution in [-0.4, -0.2) is 40.8 Å². The lowest BCUT2D eigenvalue weighted by Gasteiger charge is -2.57. The maximum absolute atomic E-state index is 11.4. The molecule has 2 N–H and O–H groups in total. The minimum atomic E-state index is -0.200. The van der Waals surface area contributed by atoms with Crippen molar-refractivity contribution in [3.8, 4) is 0 Å². The number of aliphatic hydroxyl groups excluding tert-OH is 1. The van der Waals surface area contributed by atoms with E-state index in [-0.39, 0.29) is 11.5 Å². The zero-order valence-corrected chi connectivity index (χ0v) is 12.9. The van der Waals surface area contributed by atoms with Crippen molar-refractivity contribution in [1.82, 2.24) is 4.90 Å². The van der Waals surface area contributed by atoms with Gasteiger partial charge in [-0.05, 0) is 37.3 Å². The van der Waals surface area contributed by atoms with E-state index in [2.05, 4.69) is 47.5 Å². The number of para-hydroxylation sites is 1. The fraction of sp³-hybridized carbons (Fsp3) is 0.579. The Morgan fingerprint density at radius 2 is 2.18 bits per heavy atom. The molecule has 5 heterocycles. The molecule has 1 aliphatic carbocycles. The van der Waals surface area contributed by atoms with Crippen LogP contribution < -0.4 is 5.32 Å². The van der Waals surface area contributed by atoms with Gasteiger partial charge < -0.3 is 10.4 Å². The van der Waals surface area contributed by atoms with E-state index >= 15 is 0 Å². The number of piperidine rings is 4. The van der Waals surface area contributed by atoms with E-state index in [1.807, 2.05) is 0 Å². The van der Waals surface area contributed by atoms with Gasteiger partial charge in [0, 0.05) is 35.6 Å². The minimum Gasteiger partial charge on any atom is -0.392 e. The molecule has 4 saturated heterocycles. The summed E-state index contributed by atoms with van der Waals surface area (Å²) in [5, 5.41) is 15.2. The van der Waals surface area contributed by atoms with Crippen molar-refractivity contribution in [3.63, 3.8) is 0 Å². The number of aliphatic hydroxyl groups is 1. The van der Waals surface area contributed by atoms with Crippen LogP contribution in [0, 0.1) is 11.8 Å². The van der Waals surface area contributed by atoms with E-state index in [4.69, 9.17) is 0 Å². The highest BCUT2D eigenvalue weighted by molar-refractivity contribution is 5.65.